The molecule has 0 spiro atoms. The molecule has 3 aromatic carbocycles. The summed E-state index contributed by atoms with van der Waals surface area (Å²) in [5, 5.41) is 14.7. The van der Waals surface area contributed by atoms with Gasteiger partial charge in [0.1, 0.15) is 5.82 Å². The van der Waals surface area contributed by atoms with Crippen molar-refractivity contribution in [2.75, 3.05) is 5.75 Å². The second kappa shape index (κ2) is 8.39. The minimum absolute atomic E-state index is 0.162. The molecule has 0 unspecified atom stereocenters. The van der Waals surface area contributed by atoms with Gasteiger partial charge in [0, 0.05) is 17.2 Å². The van der Waals surface area contributed by atoms with Crippen molar-refractivity contribution in [1.29, 1.82) is 0 Å². The second-order valence-electron chi connectivity index (χ2n) is 7.92. The molecule has 0 fully saturated rings. The highest BCUT2D eigenvalue weighted by Gasteiger charge is 2.21. The molecule has 0 saturated heterocycles. The third-order valence-corrected chi connectivity index (χ3v) is 6.73. The Morgan fingerprint density at radius 3 is 2.38 bits per heavy atom. The summed E-state index contributed by atoms with van der Waals surface area (Å²) in [7, 11) is 0. The van der Waals surface area contributed by atoms with Crippen LogP contribution in [0.5, 0.6) is 0 Å². The standard InChI is InChI=1S/C26H18FN5OS/c27-19-11-12-23-21(13-19)20(17-7-3-1-4-8-17)14-25(33)31(23)15-24-28-29-26-32(24)30-22(16-34-26)18-9-5-2-6-10-18/h1-14H,15-16H2. The van der Waals surface area contributed by atoms with Gasteiger partial charge in [0.15, 0.2) is 5.82 Å². The van der Waals surface area contributed by atoms with Gasteiger partial charge in [0.05, 0.1) is 17.8 Å². The Morgan fingerprint density at radius 1 is 0.882 bits per heavy atom. The predicted molar refractivity (Wildman–Crippen MR) is 132 cm³/mol. The molecule has 0 N–H and O–H groups in total. The van der Waals surface area contributed by atoms with Crippen molar-refractivity contribution >= 4 is 28.4 Å². The molecule has 0 radical (unpaired) electrons. The fourth-order valence-corrected chi connectivity index (χ4v) is 5.01. The molecule has 0 atom stereocenters. The normalized spacial score (nSPS) is 13.0. The lowest BCUT2D eigenvalue weighted by Gasteiger charge is -2.16. The molecule has 0 amide bonds. The van der Waals surface area contributed by atoms with Gasteiger partial charge < -0.3 is 4.57 Å². The zero-order valence-corrected chi connectivity index (χ0v) is 18.7. The molecule has 34 heavy (non-hydrogen) atoms. The van der Waals surface area contributed by atoms with Crippen molar-refractivity contribution in [1.82, 2.24) is 19.4 Å². The van der Waals surface area contributed by atoms with E-state index in [9.17, 15) is 9.18 Å². The van der Waals surface area contributed by atoms with Crippen LogP contribution < -0.4 is 5.56 Å². The van der Waals surface area contributed by atoms with Crippen LogP contribution in [0, 0.1) is 5.82 Å². The molecule has 0 bridgehead atoms. The van der Waals surface area contributed by atoms with E-state index in [1.165, 1.54) is 12.1 Å². The molecule has 2 aromatic heterocycles. The first-order chi connectivity index (χ1) is 16.7. The number of hydrogen-bond acceptors (Lipinski definition) is 5. The summed E-state index contributed by atoms with van der Waals surface area (Å²) in [5.41, 5.74) is 3.92. The van der Waals surface area contributed by atoms with Crippen LogP contribution in [0.1, 0.15) is 11.4 Å². The molecule has 1 aliphatic heterocycles. The average molecular weight is 468 g/mol. The summed E-state index contributed by atoms with van der Waals surface area (Å²) in [6.07, 6.45) is 0. The van der Waals surface area contributed by atoms with E-state index in [1.807, 2.05) is 60.7 Å². The highest BCUT2D eigenvalue weighted by atomic mass is 32.2. The summed E-state index contributed by atoms with van der Waals surface area (Å²) in [4.78, 5) is 13.3. The third kappa shape index (κ3) is 3.62. The number of rotatable bonds is 4. The molecule has 3 heterocycles. The summed E-state index contributed by atoms with van der Waals surface area (Å²) in [6.45, 7) is 0.162. The first kappa shape index (κ1) is 20.6. The van der Waals surface area contributed by atoms with E-state index >= 15 is 0 Å². The number of hydrogen-bond donors (Lipinski definition) is 0. The number of thioether (sulfide) groups is 1. The fraction of sp³-hybridized carbons (Fsp3) is 0.0769. The lowest BCUT2D eigenvalue weighted by atomic mass is 10.0. The van der Waals surface area contributed by atoms with Gasteiger partial charge in [-0.1, -0.05) is 72.4 Å². The van der Waals surface area contributed by atoms with Gasteiger partial charge in [-0.25, -0.2) is 4.39 Å². The minimum atomic E-state index is -0.358. The maximum absolute atomic E-state index is 14.2. The molecule has 6 rings (SSSR count). The molecule has 5 aromatic rings. The van der Waals surface area contributed by atoms with E-state index in [1.54, 1.807) is 33.1 Å². The number of fused-ring (bicyclic) bond motifs is 2. The van der Waals surface area contributed by atoms with Crippen LogP contribution >= 0.6 is 11.8 Å². The minimum Gasteiger partial charge on any atom is -0.301 e. The number of aromatic nitrogens is 4. The SMILES string of the molecule is O=c1cc(-c2ccccc2)c2cc(F)ccc2n1Cc1nnc2n1N=C(c1ccccc1)CS2. The monoisotopic (exact) mass is 467 g/mol. The van der Waals surface area contributed by atoms with Crippen LogP contribution in [0.4, 0.5) is 4.39 Å². The second-order valence-corrected chi connectivity index (χ2v) is 8.86. The zero-order valence-electron chi connectivity index (χ0n) is 17.9. The molecule has 166 valence electrons. The van der Waals surface area contributed by atoms with Crippen molar-refractivity contribution in [3.63, 3.8) is 0 Å². The van der Waals surface area contributed by atoms with Crippen LogP contribution in [0.2, 0.25) is 0 Å². The first-order valence-corrected chi connectivity index (χ1v) is 11.7. The van der Waals surface area contributed by atoms with Gasteiger partial charge in [-0.05, 0) is 34.9 Å². The van der Waals surface area contributed by atoms with Gasteiger partial charge in [-0.3, -0.25) is 4.79 Å². The van der Waals surface area contributed by atoms with Crippen molar-refractivity contribution in [2.45, 2.75) is 11.7 Å². The van der Waals surface area contributed by atoms with Crippen molar-refractivity contribution in [3.8, 4) is 11.1 Å². The van der Waals surface area contributed by atoms with Crippen LogP contribution in [-0.2, 0) is 6.54 Å². The van der Waals surface area contributed by atoms with Gasteiger partial charge >= 0.3 is 0 Å². The van der Waals surface area contributed by atoms with E-state index in [4.69, 9.17) is 5.10 Å². The lowest BCUT2D eigenvalue weighted by molar-refractivity contribution is 0.628. The largest absolute Gasteiger partial charge is 0.301 e. The van der Waals surface area contributed by atoms with Crippen molar-refractivity contribution in [3.05, 3.63) is 112 Å². The molecule has 0 saturated carbocycles. The number of nitrogens with zero attached hydrogens (tertiary/aromatic N) is 5. The number of pyridine rings is 1. The Bertz CT molecular complexity index is 1610. The highest BCUT2D eigenvalue weighted by molar-refractivity contribution is 7.99. The summed E-state index contributed by atoms with van der Waals surface area (Å²) in [5.74, 6) is 0.870. The van der Waals surface area contributed by atoms with Gasteiger partial charge in [0.25, 0.3) is 5.56 Å². The molecular weight excluding hydrogens is 449 g/mol. The molecule has 8 heteroatoms. The topological polar surface area (TPSA) is 65.1 Å². The van der Waals surface area contributed by atoms with E-state index in [2.05, 4.69) is 10.2 Å². The smallest absolute Gasteiger partial charge is 0.252 e. The Labute approximate surface area is 198 Å². The highest BCUT2D eigenvalue weighted by Crippen LogP contribution is 2.29. The van der Waals surface area contributed by atoms with Gasteiger partial charge in [-0.15, -0.1) is 10.2 Å². The molecule has 0 aliphatic carbocycles. The predicted octanol–water partition coefficient (Wildman–Crippen LogP) is 4.81. The maximum atomic E-state index is 14.2. The molecule has 6 nitrogen and oxygen atoms in total. The van der Waals surface area contributed by atoms with Crippen LogP contribution in [-0.4, -0.2) is 30.9 Å². The zero-order chi connectivity index (χ0) is 23.1. The van der Waals surface area contributed by atoms with E-state index in [-0.39, 0.29) is 17.9 Å². The summed E-state index contributed by atoms with van der Waals surface area (Å²) >= 11 is 1.55. The Morgan fingerprint density at radius 2 is 1.62 bits per heavy atom. The quantitative estimate of drug-likeness (QED) is 0.381. The van der Waals surface area contributed by atoms with Crippen LogP contribution in [0.15, 0.2) is 100.0 Å². The summed E-state index contributed by atoms with van der Waals surface area (Å²) < 4.78 is 17.5. The molecule has 1 aliphatic rings. The van der Waals surface area contributed by atoms with Crippen molar-refractivity contribution < 1.29 is 4.39 Å². The van der Waals surface area contributed by atoms with E-state index in [0.29, 0.717) is 33.2 Å². The number of halogens is 1. The maximum Gasteiger partial charge on any atom is 0.252 e. The lowest BCUT2D eigenvalue weighted by Crippen LogP contribution is -2.23. The van der Waals surface area contributed by atoms with Crippen LogP contribution in [0.25, 0.3) is 22.0 Å². The first-order valence-electron chi connectivity index (χ1n) is 10.8. The van der Waals surface area contributed by atoms with Gasteiger partial charge in [-0.2, -0.15) is 9.78 Å². The Kier molecular flexibility index (Phi) is 5.07. The molecular formula is C26H18FN5OS. The van der Waals surface area contributed by atoms with E-state index < -0.39 is 0 Å². The number of benzene rings is 3. The van der Waals surface area contributed by atoms with Gasteiger partial charge in [0.2, 0.25) is 5.16 Å². The fourth-order valence-electron chi connectivity index (χ4n) is 4.16. The van der Waals surface area contributed by atoms with Crippen molar-refractivity contribution in [2.24, 2.45) is 5.10 Å². The summed E-state index contributed by atoms with van der Waals surface area (Å²) in [6, 6.07) is 25.5. The van der Waals surface area contributed by atoms with E-state index in [0.717, 1.165) is 16.8 Å². The third-order valence-electron chi connectivity index (χ3n) is 5.80. The average Bonchev–Trinajstić information content (AvgIpc) is 3.28. The Hall–Kier alpha value is -4.04. The Balaban J connectivity index is 1.47. The van der Waals surface area contributed by atoms with Crippen LogP contribution in [0.3, 0.4) is 0 Å².